The van der Waals surface area contributed by atoms with Crippen LogP contribution >= 0.6 is 23.6 Å². The number of aryl methyl sites for hydroxylation is 1. The quantitative estimate of drug-likeness (QED) is 0.864. The van der Waals surface area contributed by atoms with Crippen molar-refractivity contribution >= 4 is 29.5 Å². The highest BCUT2D eigenvalue weighted by atomic mass is 32.1. The van der Waals surface area contributed by atoms with E-state index in [-0.39, 0.29) is 12.0 Å². The van der Waals surface area contributed by atoms with E-state index in [1.54, 1.807) is 4.90 Å². The third-order valence-electron chi connectivity index (χ3n) is 3.16. The molecule has 18 heavy (non-hydrogen) atoms. The Bertz CT molecular complexity index is 475. The summed E-state index contributed by atoms with van der Waals surface area (Å²) in [4.78, 5) is 17.9. The predicted octanol–water partition coefficient (Wildman–Crippen LogP) is 2.29. The zero-order valence-corrected chi connectivity index (χ0v) is 12.3. The van der Waals surface area contributed by atoms with Gasteiger partial charge < -0.3 is 14.6 Å². The molecule has 1 saturated heterocycles. The van der Waals surface area contributed by atoms with Crippen LogP contribution in [0.25, 0.3) is 0 Å². The maximum atomic E-state index is 12.1. The topological polar surface area (TPSA) is 45.3 Å². The molecule has 0 aromatic carbocycles. The van der Waals surface area contributed by atoms with E-state index in [0.29, 0.717) is 13.0 Å². The Balaban J connectivity index is 1.90. The molecule has 1 N–H and O–H groups in total. The van der Waals surface area contributed by atoms with E-state index >= 15 is 0 Å². The number of H-pyrrole nitrogens is 1. The summed E-state index contributed by atoms with van der Waals surface area (Å²) in [5, 5.41) is 0. The van der Waals surface area contributed by atoms with Gasteiger partial charge in [0.2, 0.25) is 5.91 Å². The number of nitrogens with one attached hydrogen (secondary N) is 1. The molecule has 1 fully saturated rings. The Morgan fingerprint density at radius 3 is 3.00 bits per heavy atom. The number of thiazole rings is 1. The van der Waals surface area contributed by atoms with Gasteiger partial charge >= 0.3 is 0 Å². The minimum atomic E-state index is 0.124. The van der Waals surface area contributed by atoms with Gasteiger partial charge in [0.1, 0.15) is 0 Å². The molecule has 1 amide bonds. The van der Waals surface area contributed by atoms with Gasteiger partial charge in [-0.15, -0.1) is 11.3 Å². The number of nitrogens with zero attached hydrogens (tertiary/aromatic N) is 1. The van der Waals surface area contributed by atoms with Crippen LogP contribution in [-0.4, -0.2) is 42.1 Å². The van der Waals surface area contributed by atoms with Crippen molar-refractivity contribution in [1.29, 1.82) is 0 Å². The number of aromatic nitrogens is 1. The number of carbonyl (C=O) groups excluding carboxylic acids is 1. The molecule has 0 spiro atoms. The molecule has 1 aromatic rings. The summed E-state index contributed by atoms with van der Waals surface area (Å²) in [7, 11) is 1.84. The molecule has 1 aliphatic rings. The van der Waals surface area contributed by atoms with Crippen LogP contribution < -0.4 is 0 Å². The van der Waals surface area contributed by atoms with Crippen molar-refractivity contribution in [2.24, 2.45) is 0 Å². The van der Waals surface area contributed by atoms with Crippen LogP contribution in [0.5, 0.6) is 0 Å². The lowest BCUT2D eigenvalue weighted by Gasteiger charge is -2.20. The lowest BCUT2D eigenvalue weighted by atomic mass is 10.2. The molecular formula is C12H18N2O2S2. The van der Waals surface area contributed by atoms with Gasteiger partial charge in [0.25, 0.3) is 0 Å². The van der Waals surface area contributed by atoms with E-state index in [4.69, 9.17) is 17.0 Å². The summed E-state index contributed by atoms with van der Waals surface area (Å²) in [6.45, 7) is 3.47. The van der Waals surface area contributed by atoms with Gasteiger partial charge in [-0.3, -0.25) is 4.79 Å². The average Bonchev–Trinajstić information content (AvgIpc) is 2.89. The molecule has 4 nitrogen and oxygen atoms in total. The number of carbonyl (C=O) groups is 1. The second kappa shape index (κ2) is 5.95. The fourth-order valence-electron chi connectivity index (χ4n) is 2.07. The van der Waals surface area contributed by atoms with E-state index in [1.807, 2.05) is 14.0 Å². The Labute approximate surface area is 116 Å². The Hall–Kier alpha value is -0.720. The van der Waals surface area contributed by atoms with Gasteiger partial charge in [0.05, 0.1) is 12.5 Å². The molecule has 1 aromatic heterocycles. The van der Waals surface area contributed by atoms with Crippen LogP contribution in [0.15, 0.2) is 0 Å². The summed E-state index contributed by atoms with van der Waals surface area (Å²) >= 11 is 6.56. The molecule has 0 saturated carbocycles. The Morgan fingerprint density at radius 2 is 2.44 bits per heavy atom. The summed E-state index contributed by atoms with van der Waals surface area (Å²) < 4.78 is 6.27. The van der Waals surface area contributed by atoms with E-state index in [0.717, 1.165) is 34.0 Å². The molecule has 0 aliphatic carbocycles. The van der Waals surface area contributed by atoms with Crippen molar-refractivity contribution in [1.82, 2.24) is 9.88 Å². The molecular weight excluding hydrogens is 268 g/mol. The summed E-state index contributed by atoms with van der Waals surface area (Å²) in [6.07, 6.45) is 2.79. The van der Waals surface area contributed by atoms with Crippen molar-refractivity contribution < 1.29 is 9.53 Å². The van der Waals surface area contributed by atoms with E-state index < -0.39 is 0 Å². The number of likely N-dealkylation sites (N-methyl/N-ethyl adjacent to an activating group) is 1. The van der Waals surface area contributed by atoms with Crippen LogP contribution in [0.1, 0.15) is 23.4 Å². The number of ether oxygens (including phenoxy) is 1. The smallest absolute Gasteiger partial charge is 0.227 e. The van der Waals surface area contributed by atoms with Crippen LogP contribution in [0, 0.1) is 10.9 Å². The third-order valence-corrected chi connectivity index (χ3v) is 4.50. The first kappa shape index (κ1) is 13.7. The lowest BCUT2D eigenvalue weighted by Crippen LogP contribution is -2.35. The van der Waals surface area contributed by atoms with E-state index in [2.05, 4.69) is 4.98 Å². The van der Waals surface area contributed by atoms with Crippen molar-refractivity contribution in [3.63, 3.8) is 0 Å². The van der Waals surface area contributed by atoms with E-state index in [9.17, 15) is 4.79 Å². The number of rotatable bonds is 4. The van der Waals surface area contributed by atoms with Gasteiger partial charge in [-0.25, -0.2) is 0 Å². The van der Waals surface area contributed by atoms with Crippen molar-refractivity contribution in [3.05, 3.63) is 14.5 Å². The zero-order chi connectivity index (χ0) is 13.1. The second-order valence-electron chi connectivity index (χ2n) is 4.65. The second-order valence-corrected chi connectivity index (χ2v) is 6.42. The van der Waals surface area contributed by atoms with Crippen molar-refractivity contribution in [2.75, 3.05) is 20.2 Å². The number of hydrogen-bond donors (Lipinski definition) is 1. The monoisotopic (exact) mass is 286 g/mol. The summed E-state index contributed by atoms with van der Waals surface area (Å²) in [5.41, 5.74) is 1.00. The van der Waals surface area contributed by atoms with Crippen LogP contribution in [-0.2, 0) is 16.0 Å². The SMILES string of the molecule is Cc1[nH]c(=S)sc1CC(=O)N(C)CC1CCCO1. The first-order valence-electron chi connectivity index (χ1n) is 6.10. The molecule has 1 aliphatic heterocycles. The van der Waals surface area contributed by atoms with Gasteiger partial charge in [-0.1, -0.05) is 0 Å². The minimum absolute atomic E-state index is 0.124. The molecule has 2 rings (SSSR count). The van der Waals surface area contributed by atoms with Crippen LogP contribution in [0.3, 0.4) is 0 Å². The molecule has 0 bridgehead atoms. The normalized spacial score (nSPS) is 19.1. The highest BCUT2D eigenvalue weighted by Gasteiger charge is 2.20. The fourth-order valence-corrected chi connectivity index (χ4v) is 3.36. The van der Waals surface area contributed by atoms with Gasteiger partial charge in [0, 0.05) is 30.8 Å². The summed E-state index contributed by atoms with van der Waals surface area (Å²) in [6, 6.07) is 0. The maximum absolute atomic E-state index is 12.1. The van der Waals surface area contributed by atoms with Gasteiger partial charge in [-0.2, -0.15) is 0 Å². The standard InChI is InChI=1S/C12H18N2O2S2/c1-8-10(18-12(17)13-8)6-11(15)14(2)7-9-4-3-5-16-9/h9H,3-7H2,1-2H3,(H,13,17). The molecule has 6 heteroatoms. The highest BCUT2D eigenvalue weighted by Crippen LogP contribution is 2.17. The minimum Gasteiger partial charge on any atom is -0.376 e. The van der Waals surface area contributed by atoms with Crippen molar-refractivity contribution in [3.8, 4) is 0 Å². The number of hydrogen-bond acceptors (Lipinski definition) is 4. The zero-order valence-electron chi connectivity index (χ0n) is 10.7. The fraction of sp³-hybridized carbons (Fsp3) is 0.667. The number of aromatic amines is 1. The Morgan fingerprint density at radius 1 is 1.67 bits per heavy atom. The predicted molar refractivity (Wildman–Crippen MR) is 74.6 cm³/mol. The average molecular weight is 286 g/mol. The lowest BCUT2D eigenvalue weighted by molar-refractivity contribution is -0.130. The summed E-state index contributed by atoms with van der Waals surface area (Å²) in [5.74, 6) is 0.124. The van der Waals surface area contributed by atoms with Gasteiger partial charge in [-0.05, 0) is 32.0 Å². The highest BCUT2D eigenvalue weighted by molar-refractivity contribution is 7.73. The largest absolute Gasteiger partial charge is 0.376 e. The van der Waals surface area contributed by atoms with Gasteiger partial charge in [0.15, 0.2) is 3.95 Å². The molecule has 2 heterocycles. The maximum Gasteiger partial charge on any atom is 0.227 e. The molecule has 1 atom stereocenters. The van der Waals surface area contributed by atoms with Crippen LogP contribution in [0.4, 0.5) is 0 Å². The molecule has 0 radical (unpaired) electrons. The third kappa shape index (κ3) is 3.40. The Kier molecular flexibility index (Phi) is 4.53. The van der Waals surface area contributed by atoms with Crippen molar-refractivity contribution in [2.45, 2.75) is 32.3 Å². The first-order valence-corrected chi connectivity index (χ1v) is 7.33. The van der Waals surface area contributed by atoms with E-state index in [1.165, 1.54) is 11.3 Å². The first-order chi connectivity index (χ1) is 8.56. The van der Waals surface area contributed by atoms with Crippen LogP contribution in [0.2, 0.25) is 0 Å². The molecule has 100 valence electrons. The molecule has 1 unspecified atom stereocenters. The number of amides is 1.